The van der Waals surface area contributed by atoms with E-state index >= 15 is 0 Å². The third kappa shape index (κ3) is 1.82. The van der Waals surface area contributed by atoms with Crippen molar-refractivity contribution >= 4 is 17.4 Å². The summed E-state index contributed by atoms with van der Waals surface area (Å²) in [5.41, 5.74) is 4.04. The van der Waals surface area contributed by atoms with Crippen molar-refractivity contribution in [2.45, 2.75) is 20.4 Å². The number of Topliss-reactive ketones (excluding diaryl/α,β-unsaturated/α-hetero) is 1. The maximum absolute atomic E-state index is 12.2. The molecule has 102 valence electrons. The van der Waals surface area contributed by atoms with Crippen molar-refractivity contribution in [1.82, 2.24) is 9.78 Å². The van der Waals surface area contributed by atoms with Gasteiger partial charge in [-0.15, -0.1) is 0 Å². The Kier molecular flexibility index (Phi) is 2.71. The van der Waals surface area contributed by atoms with Crippen LogP contribution in [0.3, 0.4) is 0 Å². The Hall–Kier alpha value is -2.43. The highest BCUT2D eigenvalue weighted by atomic mass is 16.2. The molecule has 1 aromatic carbocycles. The first-order valence-corrected chi connectivity index (χ1v) is 6.42. The first-order chi connectivity index (χ1) is 9.47. The van der Waals surface area contributed by atoms with Gasteiger partial charge in [0.1, 0.15) is 0 Å². The summed E-state index contributed by atoms with van der Waals surface area (Å²) in [4.78, 5) is 25.8. The summed E-state index contributed by atoms with van der Waals surface area (Å²) < 4.78 is 1.68. The standard InChI is InChI=1S/C15H15N3O2/c1-9-4-10(2)13-12(5-9)18(15(20)14(13)19)8-11-6-16-17(3)7-11/h4-7H,8H2,1-3H3. The maximum Gasteiger partial charge on any atom is 0.299 e. The van der Waals surface area contributed by atoms with Gasteiger partial charge in [0.15, 0.2) is 0 Å². The maximum atomic E-state index is 12.2. The van der Waals surface area contributed by atoms with Gasteiger partial charge in [-0.05, 0) is 31.0 Å². The Morgan fingerprint density at radius 2 is 1.95 bits per heavy atom. The van der Waals surface area contributed by atoms with Gasteiger partial charge in [0.25, 0.3) is 11.7 Å². The second kappa shape index (κ2) is 4.30. The minimum absolute atomic E-state index is 0.369. The van der Waals surface area contributed by atoms with E-state index in [4.69, 9.17) is 0 Å². The van der Waals surface area contributed by atoms with E-state index in [0.717, 1.165) is 16.7 Å². The molecular formula is C15H15N3O2. The number of carbonyl (C=O) groups is 2. The van der Waals surface area contributed by atoms with E-state index in [1.807, 2.05) is 39.2 Å². The molecule has 0 aliphatic carbocycles. The van der Waals surface area contributed by atoms with Crippen molar-refractivity contribution in [1.29, 1.82) is 0 Å². The van der Waals surface area contributed by atoms with Crippen molar-refractivity contribution in [2.75, 3.05) is 4.90 Å². The fourth-order valence-corrected chi connectivity index (χ4v) is 2.69. The van der Waals surface area contributed by atoms with Crippen LogP contribution in [0.1, 0.15) is 27.0 Å². The van der Waals surface area contributed by atoms with Crippen LogP contribution in [0.5, 0.6) is 0 Å². The molecule has 0 N–H and O–H groups in total. The molecule has 0 atom stereocenters. The van der Waals surface area contributed by atoms with E-state index in [9.17, 15) is 9.59 Å². The number of hydrogen-bond donors (Lipinski definition) is 0. The third-order valence-electron chi connectivity index (χ3n) is 3.52. The molecule has 5 nitrogen and oxygen atoms in total. The van der Waals surface area contributed by atoms with E-state index in [2.05, 4.69) is 5.10 Å². The van der Waals surface area contributed by atoms with E-state index in [1.165, 1.54) is 4.90 Å². The van der Waals surface area contributed by atoms with Crippen molar-refractivity contribution in [3.05, 3.63) is 46.8 Å². The average molecular weight is 269 g/mol. The van der Waals surface area contributed by atoms with Crippen molar-refractivity contribution in [3.8, 4) is 0 Å². The van der Waals surface area contributed by atoms with Crippen molar-refractivity contribution in [3.63, 3.8) is 0 Å². The minimum atomic E-state index is -0.461. The molecule has 0 saturated heterocycles. The number of nitrogens with zero attached hydrogens (tertiary/aromatic N) is 3. The molecule has 0 bridgehead atoms. The Morgan fingerprint density at radius 1 is 1.20 bits per heavy atom. The van der Waals surface area contributed by atoms with Crippen molar-refractivity contribution < 1.29 is 9.59 Å². The lowest BCUT2D eigenvalue weighted by atomic mass is 10.0. The fraction of sp³-hybridized carbons (Fsp3) is 0.267. The lowest BCUT2D eigenvalue weighted by Gasteiger charge is -2.16. The molecular weight excluding hydrogens is 254 g/mol. The highest BCUT2D eigenvalue weighted by Crippen LogP contribution is 2.33. The molecule has 0 unspecified atom stereocenters. The first-order valence-electron chi connectivity index (χ1n) is 6.42. The van der Waals surface area contributed by atoms with Crippen LogP contribution in [0.4, 0.5) is 5.69 Å². The zero-order chi connectivity index (χ0) is 14.4. The number of aromatic nitrogens is 2. The Bertz CT molecular complexity index is 731. The molecule has 1 amide bonds. The molecule has 20 heavy (non-hydrogen) atoms. The van der Waals surface area contributed by atoms with Crippen LogP contribution in [0, 0.1) is 13.8 Å². The summed E-state index contributed by atoms with van der Waals surface area (Å²) in [6.45, 7) is 4.20. The second-order valence-electron chi connectivity index (χ2n) is 5.22. The van der Waals surface area contributed by atoms with Gasteiger partial charge in [0.05, 0.1) is 24.0 Å². The smallest absolute Gasteiger partial charge is 0.299 e. The molecule has 5 heteroatoms. The van der Waals surface area contributed by atoms with Crippen LogP contribution in [-0.2, 0) is 18.4 Å². The van der Waals surface area contributed by atoms with Crippen LogP contribution in [0.25, 0.3) is 0 Å². The van der Waals surface area contributed by atoms with Gasteiger partial charge in [-0.2, -0.15) is 5.10 Å². The second-order valence-corrected chi connectivity index (χ2v) is 5.22. The van der Waals surface area contributed by atoms with Gasteiger partial charge in [-0.1, -0.05) is 6.07 Å². The predicted molar refractivity (Wildman–Crippen MR) is 74.6 cm³/mol. The first kappa shape index (κ1) is 12.6. The number of fused-ring (bicyclic) bond motifs is 1. The highest BCUT2D eigenvalue weighted by Gasteiger charge is 2.37. The van der Waals surface area contributed by atoms with E-state index in [0.29, 0.717) is 17.8 Å². The Labute approximate surface area is 116 Å². The number of aryl methyl sites for hydroxylation is 3. The van der Waals surface area contributed by atoms with Crippen molar-refractivity contribution in [2.24, 2.45) is 7.05 Å². The summed E-state index contributed by atoms with van der Waals surface area (Å²) in [6.07, 6.45) is 3.55. The number of amides is 1. The third-order valence-corrected chi connectivity index (χ3v) is 3.52. The SMILES string of the molecule is Cc1cc(C)c2c(c1)N(Cc1cnn(C)c1)C(=O)C2=O. The molecule has 1 aliphatic rings. The predicted octanol–water partition coefficient (Wildman–Crippen LogP) is 1.77. The van der Waals surface area contributed by atoms with Crippen LogP contribution >= 0.6 is 0 Å². The zero-order valence-electron chi connectivity index (χ0n) is 11.7. The van der Waals surface area contributed by atoms with Crippen LogP contribution in [-0.4, -0.2) is 21.5 Å². The molecule has 0 spiro atoms. The monoisotopic (exact) mass is 269 g/mol. The lowest BCUT2D eigenvalue weighted by molar-refractivity contribution is -0.114. The zero-order valence-corrected chi connectivity index (χ0v) is 11.7. The quantitative estimate of drug-likeness (QED) is 0.781. The molecule has 1 aromatic heterocycles. The van der Waals surface area contributed by atoms with Gasteiger partial charge < -0.3 is 4.90 Å². The summed E-state index contributed by atoms with van der Waals surface area (Å²) in [5, 5.41) is 4.09. The van der Waals surface area contributed by atoms with Gasteiger partial charge in [0, 0.05) is 18.8 Å². The number of ketones is 1. The normalized spacial score (nSPS) is 14.1. The lowest BCUT2D eigenvalue weighted by Crippen LogP contribution is -2.29. The van der Waals surface area contributed by atoms with Gasteiger partial charge in [0.2, 0.25) is 0 Å². The van der Waals surface area contributed by atoms with E-state index < -0.39 is 11.7 Å². The van der Waals surface area contributed by atoms with Crippen LogP contribution in [0.15, 0.2) is 24.5 Å². The number of rotatable bonds is 2. The molecule has 1 aliphatic heterocycles. The number of hydrogen-bond acceptors (Lipinski definition) is 3. The van der Waals surface area contributed by atoms with E-state index in [-0.39, 0.29) is 0 Å². The van der Waals surface area contributed by atoms with Gasteiger partial charge >= 0.3 is 0 Å². The summed E-state index contributed by atoms with van der Waals surface area (Å²) >= 11 is 0. The highest BCUT2D eigenvalue weighted by molar-refractivity contribution is 6.52. The Balaban J connectivity index is 2.06. The topological polar surface area (TPSA) is 55.2 Å². The molecule has 0 radical (unpaired) electrons. The van der Waals surface area contributed by atoms with E-state index in [1.54, 1.807) is 10.9 Å². The van der Waals surface area contributed by atoms with Crippen LogP contribution < -0.4 is 4.90 Å². The Morgan fingerprint density at radius 3 is 2.60 bits per heavy atom. The average Bonchev–Trinajstić information content (AvgIpc) is 2.87. The summed E-state index contributed by atoms with van der Waals surface area (Å²) in [6, 6.07) is 3.82. The number of benzene rings is 1. The summed E-state index contributed by atoms with van der Waals surface area (Å²) in [5.74, 6) is -0.876. The summed E-state index contributed by atoms with van der Waals surface area (Å²) in [7, 11) is 1.82. The number of carbonyl (C=O) groups excluding carboxylic acids is 2. The largest absolute Gasteiger partial charge is 0.300 e. The molecule has 2 heterocycles. The minimum Gasteiger partial charge on any atom is -0.300 e. The molecule has 3 rings (SSSR count). The van der Waals surface area contributed by atoms with Crippen LogP contribution in [0.2, 0.25) is 0 Å². The van der Waals surface area contributed by atoms with Gasteiger partial charge in [-0.3, -0.25) is 14.3 Å². The molecule has 2 aromatic rings. The fourth-order valence-electron chi connectivity index (χ4n) is 2.69. The van der Waals surface area contributed by atoms with Gasteiger partial charge in [-0.25, -0.2) is 0 Å². The number of anilines is 1. The molecule has 0 fully saturated rings. The molecule has 0 saturated carbocycles.